The number of carbonyl (C=O) groups excluding carboxylic acids is 1. The van der Waals surface area contributed by atoms with E-state index in [0.717, 1.165) is 18.7 Å². The molecule has 1 heterocycles. The van der Waals surface area contributed by atoms with Crippen molar-refractivity contribution in [3.8, 4) is 0 Å². The third kappa shape index (κ3) is 3.65. The summed E-state index contributed by atoms with van der Waals surface area (Å²) in [6, 6.07) is 7.39. The molecule has 1 saturated heterocycles. The first-order valence-corrected chi connectivity index (χ1v) is 8.22. The summed E-state index contributed by atoms with van der Waals surface area (Å²) in [6.07, 6.45) is 5.37. The minimum absolute atomic E-state index is 0.300. The molecule has 1 aromatic carbocycles. The number of amides is 1. The van der Waals surface area contributed by atoms with Gasteiger partial charge in [-0.15, -0.1) is 0 Å². The highest BCUT2D eigenvalue weighted by atomic mass is 16.2. The fourth-order valence-corrected chi connectivity index (χ4v) is 3.18. The van der Waals surface area contributed by atoms with Gasteiger partial charge in [-0.05, 0) is 62.8 Å². The lowest BCUT2D eigenvalue weighted by Gasteiger charge is -2.26. The monoisotopic (exact) mass is 286 g/mol. The van der Waals surface area contributed by atoms with Gasteiger partial charge in [0.2, 0.25) is 5.91 Å². The lowest BCUT2D eigenvalue weighted by atomic mass is 10.0. The molecule has 114 valence electrons. The zero-order chi connectivity index (χ0) is 14.8. The van der Waals surface area contributed by atoms with Crippen molar-refractivity contribution in [1.82, 2.24) is 10.2 Å². The molecule has 1 aromatic rings. The quantitative estimate of drug-likeness (QED) is 0.902. The van der Waals surface area contributed by atoms with Crippen molar-refractivity contribution in [2.45, 2.75) is 58.0 Å². The molecule has 2 fully saturated rings. The number of benzene rings is 1. The summed E-state index contributed by atoms with van der Waals surface area (Å²) >= 11 is 0. The van der Waals surface area contributed by atoms with Gasteiger partial charge in [-0.2, -0.15) is 0 Å². The van der Waals surface area contributed by atoms with Gasteiger partial charge in [0.15, 0.2) is 0 Å². The van der Waals surface area contributed by atoms with Crippen LogP contribution in [0.15, 0.2) is 18.2 Å². The summed E-state index contributed by atoms with van der Waals surface area (Å²) in [5, 5.41) is 3.51. The normalized spacial score (nSPS) is 21.5. The zero-order valence-corrected chi connectivity index (χ0v) is 13.2. The molecule has 1 N–H and O–H groups in total. The van der Waals surface area contributed by atoms with Gasteiger partial charge >= 0.3 is 0 Å². The summed E-state index contributed by atoms with van der Waals surface area (Å²) < 4.78 is 0. The van der Waals surface area contributed by atoms with Gasteiger partial charge in [-0.25, -0.2) is 0 Å². The van der Waals surface area contributed by atoms with Gasteiger partial charge in [-0.1, -0.05) is 18.2 Å². The molecular weight excluding hydrogens is 260 g/mol. The van der Waals surface area contributed by atoms with Crippen LogP contribution in [0, 0.1) is 13.8 Å². The molecule has 1 aliphatic carbocycles. The number of aryl methyl sites for hydroxylation is 2. The Morgan fingerprint density at radius 3 is 2.67 bits per heavy atom. The van der Waals surface area contributed by atoms with Crippen molar-refractivity contribution in [3.05, 3.63) is 34.9 Å². The van der Waals surface area contributed by atoms with Crippen molar-refractivity contribution in [2.24, 2.45) is 0 Å². The molecule has 1 saturated carbocycles. The fourth-order valence-electron chi connectivity index (χ4n) is 3.18. The van der Waals surface area contributed by atoms with Crippen LogP contribution < -0.4 is 5.32 Å². The van der Waals surface area contributed by atoms with Crippen LogP contribution >= 0.6 is 0 Å². The summed E-state index contributed by atoms with van der Waals surface area (Å²) in [4.78, 5) is 14.8. The third-order valence-electron chi connectivity index (χ3n) is 4.81. The molecule has 1 amide bonds. The first kappa shape index (κ1) is 14.6. The molecule has 2 aliphatic rings. The van der Waals surface area contributed by atoms with E-state index in [9.17, 15) is 4.79 Å². The molecule has 21 heavy (non-hydrogen) atoms. The first-order chi connectivity index (χ1) is 10.1. The first-order valence-electron chi connectivity index (χ1n) is 8.22. The average Bonchev–Trinajstić information content (AvgIpc) is 3.16. The van der Waals surface area contributed by atoms with Gasteiger partial charge in [-0.3, -0.25) is 4.79 Å². The topological polar surface area (TPSA) is 32.3 Å². The van der Waals surface area contributed by atoms with Crippen LogP contribution in [0.4, 0.5) is 0 Å². The van der Waals surface area contributed by atoms with Crippen molar-refractivity contribution in [1.29, 1.82) is 0 Å². The summed E-state index contributed by atoms with van der Waals surface area (Å²) in [5.74, 6) is 0.300. The average molecular weight is 286 g/mol. The Labute approximate surface area is 127 Å². The number of rotatable bonds is 5. The molecule has 0 radical (unpaired) electrons. The lowest BCUT2D eigenvalue weighted by Crippen LogP contribution is -2.43. The van der Waals surface area contributed by atoms with Crippen LogP contribution in [0.2, 0.25) is 0 Å². The van der Waals surface area contributed by atoms with Gasteiger partial charge in [0, 0.05) is 18.6 Å². The van der Waals surface area contributed by atoms with Crippen molar-refractivity contribution in [2.75, 3.05) is 13.1 Å². The van der Waals surface area contributed by atoms with Gasteiger partial charge in [0.1, 0.15) is 0 Å². The number of carbonyl (C=O) groups is 1. The molecule has 3 heteroatoms. The largest absolute Gasteiger partial charge is 0.338 e. The van der Waals surface area contributed by atoms with Crippen LogP contribution in [-0.2, 0) is 11.2 Å². The molecule has 1 atom stereocenters. The van der Waals surface area contributed by atoms with Crippen LogP contribution in [-0.4, -0.2) is 36.0 Å². The van der Waals surface area contributed by atoms with E-state index >= 15 is 0 Å². The van der Waals surface area contributed by atoms with Crippen LogP contribution in [0.3, 0.4) is 0 Å². The molecule has 0 bridgehead atoms. The molecule has 0 spiro atoms. The van der Waals surface area contributed by atoms with Crippen molar-refractivity contribution < 1.29 is 4.79 Å². The summed E-state index contributed by atoms with van der Waals surface area (Å²) in [5.41, 5.74) is 3.71. The summed E-state index contributed by atoms with van der Waals surface area (Å²) in [6.45, 7) is 6.23. The summed E-state index contributed by atoms with van der Waals surface area (Å²) in [7, 11) is 0. The highest BCUT2D eigenvalue weighted by Gasteiger charge is 2.34. The highest BCUT2D eigenvalue weighted by Crippen LogP contribution is 2.28. The van der Waals surface area contributed by atoms with E-state index in [4.69, 9.17) is 0 Å². The van der Waals surface area contributed by atoms with Gasteiger partial charge in [0.05, 0.1) is 6.42 Å². The highest BCUT2D eigenvalue weighted by molar-refractivity contribution is 5.79. The van der Waals surface area contributed by atoms with E-state index in [2.05, 4.69) is 42.3 Å². The van der Waals surface area contributed by atoms with E-state index in [1.807, 2.05) is 0 Å². The Morgan fingerprint density at radius 1 is 1.24 bits per heavy atom. The molecule has 1 aliphatic heterocycles. The molecule has 3 nitrogen and oxygen atoms in total. The Balaban J connectivity index is 1.64. The zero-order valence-electron chi connectivity index (χ0n) is 13.2. The molecule has 1 unspecified atom stereocenters. The maximum absolute atomic E-state index is 12.7. The third-order valence-corrected chi connectivity index (χ3v) is 4.81. The van der Waals surface area contributed by atoms with E-state index in [1.165, 1.54) is 36.8 Å². The number of hydrogen-bond donors (Lipinski definition) is 1. The second kappa shape index (κ2) is 6.18. The fraction of sp³-hybridized carbons (Fsp3) is 0.611. The Bertz CT molecular complexity index is 516. The Hall–Kier alpha value is -1.35. The molecular formula is C18H26N2O. The van der Waals surface area contributed by atoms with Crippen LogP contribution in [0.1, 0.15) is 42.4 Å². The second-order valence-electron chi connectivity index (χ2n) is 6.67. The molecule has 3 rings (SSSR count). The second-order valence-corrected chi connectivity index (χ2v) is 6.67. The van der Waals surface area contributed by atoms with E-state index in [0.29, 0.717) is 24.4 Å². The minimum Gasteiger partial charge on any atom is -0.338 e. The smallest absolute Gasteiger partial charge is 0.227 e. The number of nitrogens with zero attached hydrogens (tertiary/aromatic N) is 1. The predicted octanol–water partition coefficient (Wildman–Crippen LogP) is 2.59. The maximum atomic E-state index is 12.7. The van der Waals surface area contributed by atoms with E-state index < -0.39 is 0 Å². The van der Waals surface area contributed by atoms with E-state index in [1.54, 1.807) is 0 Å². The van der Waals surface area contributed by atoms with Crippen LogP contribution in [0.25, 0.3) is 0 Å². The van der Waals surface area contributed by atoms with E-state index in [-0.39, 0.29) is 0 Å². The minimum atomic E-state index is 0.300. The molecule has 0 aromatic heterocycles. The number of nitrogens with one attached hydrogen (secondary N) is 1. The van der Waals surface area contributed by atoms with Crippen molar-refractivity contribution in [3.63, 3.8) is 0 Å². The number of hydrogen-bond acceptors (Lipinski definition) is 2. The van der Waals surface area contributed by atoms with Gasteiger partial charge in [0.25, 0.3) is 0 Å². The predicted molar refractivity (Wildman–Crippen MR) is 85.4 cm³/mol. The van der Waals surface area contributed by atoms with Crippen LogP contribution in [0.5, 0.6) is 0 Å². The lowest BCUT2D eigenvalue weighted by molar-refractivity contribution is -0.131. The van der Waals surface area contributed by atoms with Gasteiger partial charge < -0.3 is 10.2 Å². The SMILES string of the molecule is Cc1ccc(CC(=O)N(CC2CCCN2)C2CC2)cc1C. The Morgan fingerprint density at radius 2 is 2.05 bits per heavy atom. The van der Waals surface area contributed by atoms with Crippen molar-refractivity contribution >= 4 is 5.91 Å². The maximum Gasteiger partial charge on any atom is 0.227 e. The standard InChI is InChI=1S/C18H26N2O/c1-13-5-6-15(10-14(13)2)11-18(21)20(17-7-8-17)12-16-4-3-9-19-16/h5-6,10,16-17,19H,3-4,7-9,11-12H2,1-2H3. The Kier molecular flexibility index (Phi) is 4.29.